The van der Waals surface area contributed by atoms with E-state index in [1.807, 2.05) is 72.7 Å². The Hall–Kier alpha value is -3.54. The molecule has 0 aliphatic rings. The van der Waals surface area contributed by atoms with E-state index >= 15 is 0 Å². The Kier molecular flexibility index (Phi) is 29.7. The zero-order chi connectivity index (χ0) is 29.9. The predicted molar refractivity (Wildman–Crippen MR) is 150 cm³/mol. The van der Waals surface area contributed by atoms with Crippen molar-refractivity contribution >= 4 is 17.9 Å². The lowest BCUT2D eigenvalue weighted by atomic mass is 9.91. The average molecular weight is 529 g/mol. The van der Waals surface area contributed by atoms with Gasteiger partial charge in [-0.1, -0.05) is 63.4 Å². The largest absolute Gasteiger partial charge is 0.352 e. The molecule has 0 aliphatic heterocycles. The van der Waals surface area contributed by atoms with Crippen LogP contribution in [0.4, 0.5) is 28.0 Å². The molecule has 0 heterocycles. The van der Waals surface area contributed by atoms with Crippen LogP contribution in [0.5, 0.6) is 0 Å². The van der Waals surface area contributed by atoms with E-state index in [1.54, 1.807) is 23.4 Å². The number of carbonyl (C=O) groups is 1. The van der Waals surface area contributed by atoms with Crippen molar-refractivity contribution < 1.29 is 22.4 Å². The highest BCUT2D eigenvalue weighted by molar-refractivity contribution is 5.71. The molecule has 0 spiro atoms. The van der Waals surface area contributed by atoms with E-state index < -0.39 is 18.5 Å². The first-order chi connectivity index (χ1) is 17.6. The Morgan fingerprint density at radius 3 is 1.76 bits per heavy atom. The number of rotatable bonds is 4. The maximum atomic E-state index is 13.2. The topological polar surface area (TPSA) is 70.7 Å². The van der Waals surface area contributed by atoms with Crippen LogP contribution >= 0.6 is 0 Å². The number of hydrazone groups is 1. The van der Waals surface area contributed by atoms with Gasteiger partial charge in [0.1, 0.15) is 11.4 Å². The second-order valence-corrected chi connectivity index (χ2v) is 6.23. The predicted octanol–water partition coefficient (Wildman–Crippen LogP) is 7.69. The molecule has 3 N–H and O–H groups in total. The number of benzene rings is 2. The first-order valence-electron chi connectivity index (χ1n) is 11.9. The molecule has 0 radical (unpaired) electrons. The van der Waals surface area contributed by atoms with E-state index in [0.717, 1.165) is 16.8 Å². The van der Waals surface area contributed by atoms with Crippen molar-refractivity contribution in [3.8, 4) is 12.3 Å². The van der Waals surface area contributed by atoms with Crippen LogP contribution in [-0.4, -0.2) is 32.9 Å². The molecule has 0 saturated carbocycles. The van der Waals surface area contributed by atoms with Crippen molar-refractivity contribution in [2.24, 2.45) is 10.8 Å². The third kappa shape index (κ3) is 18.4. The summed E-state index contributed by atoms with van der Waals surface area (Å²) in [6.45, 7) is 13.2. The third-order valence-electron chi connectivity index (χ3n) is 3.87. The number of nitrogens with two attached hydrogens (primary N) is 1. The summed E-state index contributed by atoms with van der Waals surface area (Å²) < 4.78 is 42.7. The number of nitrogens with one attached hydrogen (secondary N) is 1. The lowest BCUT2D eigenvalue weighted by Crippen LogP contribution is -2.39. The molecule has 210 valence electrons. The second kappa shape index (κ2) is 27.1. The highest BCUT2D eigenvalue weighted by atomic mass is 19.3. The van der Waals surface area contributed by atoms with Crippen LogP contribution in [0.1, 0.15) is 59.6 Å². The maximum Gasteiger partial charge on any atom is 0.311 e. The molecule has 1 atom stereocenters. The van der Waals surface area contributed by atoms with Crippen molar-refractivity contribution in [3.63, 3.8) is 0 Å². The van der Waals surface area contributed by atoms with Gasteiger partial charge in [-0.05, 0) is 57.5 Å². The fraction of sp³-hybridized carbons (Fsp3) is 0.429. The average Bonchev–Trinajstić information content (AvgIpc) is 2.91. The van der Waals surface area contributed by atoms with Gasteiger partial charge in [-0.25, -0.2) is 23.0 Å². The second-order valence-electron chi connectivity index (χ2n) is 6.23. The number of primary amides is 1. The Labute approximate surface area is 221 Å². The molecule has 2 aromatic carbocycles. The van der Waals surface area contributed by atoms with Gasteiger partial charge < -0.3 is 11.1 Å². The lowest BCUT2D eigenvalue weighted by molar-refractivity contribution is 0.251. The van der Waals surface area contributed by atoms with Gasteiger partial charge in [-0.15, -0.1) is 6.42 Å². The molecule has 0 aromatic heterocycles. The van der Waals surface area contributed by atoms with Gasteiger partial charge in [0, 0.05) is 13.3 Å². The van der Waals surface area contributed by atoms with Gasteiger partial charge in [0.2, 0.25) is 6.93 Å². The number of nitrogens with zero attached hydrogens (tertiary/aromatic N) is 2. The van der Waals surface area contributed by atoms with Crippen molar-refractivity contribution in [2.75, 3.05) is 25.7 Å². The minimum Gasteiger partial charge on any atom is -0.352 e. The molecule has 0 aliphatic carbocycles. The van der Waals surface area contributed by atoms with Gasteiger partial charge in [-0.2, -0.15) is 5.10 Å². The van der Waals surface area contributed by atoms with Crippen LogP contribution in [-0.2, 0) is 5.54 Å². The van der Waals surface area contributed by atoms with E-state index in [0.29, 0.717) is 0 Å². The van der Waals surface area contributed by atoms with Crippen LogP contribution in [0.2, 0.25) is 0 Å². The van der Waals surface area contributed by atoms with E-state index in [-0.39, 0.29) is 12.5 Å². The number of terminal acetylenes is 1. The van der Waals surface area contributed by atoms with E-state index in [4.69, 9.17) is 6.42 Å². The van der Waals surface area contributed by atoms with Gasteiger partial charge >= 0.3 is 6.03 Å². The number of urea groups is 1. The molecule has 2 rings (SSSR count). The highest BCUT2D eigenvalue weighted by Crippen LogP contribution is 2.33. The highest BCUT2D eigenvalue weighted by Gasteiger charge is 2.32. The van der Waals surface area contributed by atoms with E-state index in [9.17, 15) is 22.4 Å². The summed E-state index contributed by atoms with van der Waals surface area (Å²) >= 11 is 0. The van der Waals surface area contributed by atoms with Gasteiger partial charge in [0.25, 0.3) is 0 Å². The van der Waals surface area contributed by atoms with E-state index in [1.165, 1.54) is 26.1 Å². The fourth-order valence-electron chi connectivity index (χ4n) is 2.28. The lowest BCUT2D eigenvalue weighted by Gasteiger charge is -2.35. The molecule has 2 aromatic rings. The van der Waals surface area contributed by atoms with Gasteiger partial charge in [0.15, 0.2) is 0 Å². The van der Waals surface area contributed by atoms with Crippen LogP contribution in [0, 0.1) is 25.1 Å². The Balaban J connectivity index is -0.000000302. The minimum atomic E-state index is -1.75. The molecule has 5 nitrogen and oxygen atoms in total. The minimum absolute atomic E-state index is 0.250. The fourth-order valence-corrected chi connectivity index (χ4v) is 2.28. The maximum absolute atomic E-state index is 13.2. The molecule has 0 saturated heterocycles. The number of carbonyl (C=O) groups excluding carboxylic acids is 1. The molecule has 0 bridgehead atoms. The first-order valence-corrected chi connectivity index (χ1v) is 11.9. The summed E-state index contributed by atoms with van der Waals surface area (Å²) in [5, 5.41) is 8.31. The van der Waals surface area contributed by atoms with Crippen molar-refractivity contribution in [3.05, 3.63) is 65.5 Å². The molecule has 37 heavy (non-hydrogen) atoms. The normalized spacial score (nSPS) is 10.3. The molecule has 9 heteroatoms. The molecule has 0 fully saturated rings. The van der Waals surface area contributed by atoms with Gasteiger partial charge in [-0.3, -0.25) is 4.39 Å². The summed E-state index contributed by atoms with van der Waals surface area (Å²) in [5.74, 6) is 2.54. The quantitative estimate of drug-likeness (QED) is 0.185. The first kappa shape index (κ1) is 40.6. The number of aryl methyl sites for hydroxylation is 1. The molecular weight excluding hydrogens is 484 g/mol. The SMILES string of the molecule is C#CC(C)(c1ccc(C)cc1)N(/N=C\C)c1ccc(F)cc1.CC.CC.CCF.CNC(N)=O.FCF. The Morgan fingerprint density at radius 2 is 1.46 bits per heavy atom. The number of hydrogen-bond donors (Lipinski definition) is 2. The van der Waals surface area contributed by atoms with Crippen molar-refractivity contribution in [1.29, 1.82) is 0 Å². The molecular formula is C28H44F4N4O. The van der Waals surface area contributed by atoms with Gasteiger partial charge in [0.05, 0.1) is 12.4 Å². The monoisotopic (exact) mass is 528 g/mol. The number of amides is 2. The number of halogens is 4. The van der Waals surface area contributed by atoms with Crippen LogP contribution in [0.15, 0.2) is 53.6 Å². The zero-order valence-electron chi connectivity index (χ0n) is 23.6. The van der Waals surface area contributed by atoms with Crippen LogP contribution in [0.25, 0.3) is 0 Å². The Morgan fingerprint density at radius 1 is 1.08 bits per heavy atom. The van der Waals surface area contributed by atoms with Crippen LogP contribution in [0.3, 0.4) is 0 Å². The third-order valence-corrected chi connectivity index (χ3v) is 3.87. The zero-order valence-corrected chi connectivity index (χ0v) is 23.6. The standard InChI is InChI=1S/C19H19FN2.C2H5F.C2H6N2O.2C2H6.CH2F2/c1-5-19(4,16-9-7-15(3)8-10-16)22(21-6-2)18-13-11-17(20)12-14-18;1-2-3;1-4-2(3)5;2*1-2;2-1-3/h1,6-14H,2-4H3;2H2,1H3;1H3,(H3,3,4,5);2*1-2H3;1H2/b21-6-;;;;;. The summed E-state index contributed by atoms with van der Waals surface area (Å²) in [6.07, 6.45) is 7.51. The summed E-state index contributed by atoms with van der Waals surface area (Å²) in [7, 11) is 1.47. The number of alkyl halides is 3. The summed E-state index contributed by atoms with van der Waals surface area (Å²) in [6, 6.07) is 13.7. The Bertz CT molecular complexity index is 852. The smallest absolute Gasteiger partial charge is 0.311 e. The van der Waals surface area contributed by atoms with Crippen molar-refractivity contribution in [2.45, 2.75) is 60.9 Å². The molecule has 1 unspecified atom stereocenters. The van der Waals surface area contributed by atoms with Crippen molar-refractivity contribution in [1.82, 2.24) is 5.32 Å². The number of anilines is 1. The number of hydrogen-bond acceptors (Lipinski definition) is 3. The summed E-state index contributed by atoms with van der Waals surface area (Å²) in [5.41, 5.74) is 6.63. The van der Waals surface area contributed by atoms with Crippen LogP contribution < -0.4 is 16.1 Å². The molecule has 2 amide bonds. The van der Waals surface area contributed by atoms with E-state index in [2.05, 4.69) is 22.1 Å². The summed E-state index contributed by atoms with van der Waals surface area (Å²) in [4.78, 5) is 9.48.